The van der Waals surface area contributed by atoms with Crippen molar-refractivity contribution in [2.75, 3.05) is 26.4 Å². The molecule has 0 radical (unpaired) electrons. The highest BCUT2D eigenvalue weighted by Gasteiger charge is 2.30. The van der Waals surface area contributed by atoms with Crippen molar-refractivity contribution in [1.29, 1.82) is 0 Å². The first-order chi connectivity index (χ1) is 29.3. The molecule has 0 saturated heterocycles. The number of hydrogen-bond donors (Lipinski definition) is 0. The highest BCUT2D eigenvalue weighted by Crippen LogP contribution is 2.52. The third kappa shape index (κ3) is 10.7. The van der Waals surface area contributed by atoms with E-state index in [2.05, 4.69) is 0 Å². The molecule has 4 heterocycles. The summed E-state index contributed by atoms with van der Waals surface area (Å²) in [5, 5.41) is 0. The summed E-state index contributed by atoms with van der Waals surface area (Å²) in [4.78, 5) is 51.2. The van der Waals surface area contributed by atoms with Gasteiger partial charge in [0.2, 0.25) is 0 Å². The quantitative estimate of drug-likeness (QED) is 0.0392. The van der Waals surface area contributed by atoms with Gasteiger partial charge in [-0.05, 0) is 94.8 Å². The maximum absolute atomic E-state index is 12.9. The van der Waals surface area contributed by atoms with Gasteiger partial charge in [-0.1, -0.05) is 18.2 Å². The Kier molecular flexibility index (Phi) is 16.0. The largest absolute Gasteiger partial charge is 0.464 e. The fourth-order valence-corrected chi connectivity index (χ4v) is 9.02. The molecular formula is C40H44N4O12P4. The van der Waals surface area contributed by atoms with Crippen molar-refractivity contribution in [1.82, 2.24) is 17.7 Å². The molecule has 60 heavy (non-hydrogen) atoms. The zero-order valence-electron chi connectivity index (χ0n) is 33.1. The highest BCUT2D eigenvalue weighted by molar-refractivity contribution is 7.31. The lowest BCUT2D eigenvalue weighted by Crippen LogP contribution is -2.31. The maximum atomic E-state index is 12.9. The van der Waals surface area contributed by atoms with Crippen LogP contribution in [0.1, 0.15) is 65.6 Å². The van der Waals surface area contributed by atoms with Crippen molar-refractivity contribution in [3.63, 3.8) is 0 Å². The van der Waals surface area contributed by atoms with E-state index in [4.69, 9.17) is 37.0 Å². The van der Waals surface area contributed by atoms with Crippen molar-refractivity contribution in [3.05, 3.63) is 121 Å². The van der Waals surface area contributed by atoms with Gasteiger partial charge in [-0.2, -0.15) is 0 Å². The van der Waals surface area contributed by atoms with Crippen molar-refractivity contribution >= 4 is 59.7 Å². The van der Waals surface area contributed by atoms with Crippen molar-refractivity contribution in [2.24, 2.45) is 0 Å². The lowest BCUT2D eigenvalue weighted by molar-refractivity contribution is -0.146. The normalized spacial score (nSPS) is 13.9. The lowest BCUT2D eigenvalue weighted by Gasteiger charge is -2.25. The first-order valence-electron chi connectivity index (χ1n) is 18.9. The van der Waals surface area contributed by atoms with E-state index in [1.165, 1.54) is 0 Å². The van der Waals surface area contributed by atoms with Gasteiger partial charge in [-0.3, -0.25) is 13.0 Å². The molecule has 5 aromatic rings. The SMILES string of the molecule is CCOC(=O)c1cccn1POc1cccc(OPN2C=CCC2C(=O)OCC)c1-c1c(OPn2cccc2C(=O)OCC)cccc1OPn1cccc1C(=O)OCC. The number of aromatic nitrogens is 3. The van der Waals surface area contributed by atoms with Crippen LogP contribution in [0.25, 0.3) is 11.1 Å². The molecule has 1 aliphatic heterocycles. The molecule has 0 fully saturated rings. The highest BCUT2D eigenvalue weighted by atomic mass is 31.1. The van der Waals surface area contributed by atoms with Crippen LogP contribution in [0.4, 0.5) is 0 Å². The fraction of sp³-hybridized carbons (Fsp3) is 0.250. The van der Waals surface area contributed by atoms with E-state index < -0.39 is 50.8 Å². The Bertz CT molecular complexity index is 2230. The smallest absolute Gasteiger partial charge is 0.355 e. The molecule has 6 rings (SSSR count). The van der Waals surface area contributed by atoms with Gasteiger partial charge in [0, 0.05) is 24.8 Å². The third-order valence-corrected chi connectivity index (χ3v) is 12.1. The average Bonchev–Trinajstić information content (AvgIpc) is 4.09. The van der Waals surface area contributed by atoms with Crippen LogP contribution in [-0.2, 0) is 23.7 Å². The first kappa shape index (κ1) is 44.2. The Hall–Kier alpha value is -5.38. The Morgan fingerprint density at radius 3 is 1.25 bits per heavy atom. The second-order valence-electron chi connectivity index (χ2n) is 12.3. The van der Waals surface area contributed by atoms with E-state index in [0.29, 0.717) is 57.6 Å². The molecule has 5 atom stereocenters. The summed E-state index contributed by atoms with van der Waals surface area (Å²) in [5.74, 6) is -0.492. The number of carbonyl (C=O) groups is 4. The molecule has 316 valence electrons. The molecule has 5 unspecified atom stereocenters. The van der Waals surface area contributed by atoms with E-state index in [1.54, 1.807) is 143 Å². The minimum atomic E-state index is -0.565. The van der Waals surface area contributed by atoms with Crippen LogP contribution in [0.2, 0.25) is 0 Å². The van der Waals surface area contributed by atoms with Crippen LogP contribution in [0.5, 0.6) is 23.0 Å². The first-order valence-corrected chi connectivity index (χ1v) is 22.3. The number of hydrogen-bond acceptors (Lipinski definition) is 13. The Morgan fingerprint density at radius 1 is 0.517 bits per heavy atom. The Morgan fingerprint density at radius 2 is 0.883 bits per heavy atom. The molecule has 0 N–H and O–H groups in total. The predicted octanol–water partition coefficient (Wildman–Crippen LogP) is 8.63. The van der Waals surface area contributed by atoms with Crippen molar-refractivity contribution < 1.29 is 56.2 Å². The van der Waals surface area contributed by atoms with E-state index in [-0.39, 0.29) is 41.4 Å². The summed E-state index contributed by atoms with van der Waals surface area (Å²) < 4.78 is 54.0. The Balaban J connectivity index is 1.44. The zero-order chi connectivity index (χ0) is 42.4. The van der Waals surface area contributed by atoms with Crippen LogP contribution in [0, 0.1) is 0 Å². The standard InChI is InChI=1S/C40H44N4O12P4/c1-5-49-37(45)27-15-11-23-41(27)57-53-31-19-9-20-32(54-58-42-24-12-16-28(42)38(46)50-6-2)35(31)36-33(55-59-43-25-13-17-29(43)39(47)51-7-3)21-10-22-34(36)56-60-44-26-14-18-30(44)40(48)52-8-4/h9-17,19-26,30,57-60H,5-8,18H2,1-4H3. The summed E-state index contributed by atoms with van der Waals surface area (Å²) in [5.41, 5.74) is 1.76. The number of benzene rings is 2. The monoisotopic (exact) mass is 896 g/mol. The molecule has 20 heteroatoms. The third-order valence-electron chi connectivity index (χ3n) is 8.47. The lowest BCUT2D eigenvalue weighted by atomic mass is 10.0. The van der Waals surface area contributed by atoms with Crippen LogP contribution < -0.4 is 18.1 Å². The van der Waals surface area contributed by atoms with Gasteiger partial charge in [-0.15, -0.1) is 0 Å². The molecule has 0 saturated carbocycles. The number of carbonyl (C=O) groups excluding carboxylic acids is 4. The molecule has 3 aromatic heterocycles. The number of nitrogens with zero attached hydrogens (tertiary/aromatic N) is 4. The zero-order valence-corrected chi connectivity index (χ0v) is 37.1. The van der Waals surface area contributed by atoms with Crippen LogP contribution >= 0.6 is 35.8 Å². The van der Waals surface area contributed by atoms with E-state index in [0.717, 1.165) is 0 Å². The molecule has 0 bridgehead atoms. The van der Waals surface area contributed by atoms with E-state index >= 15 is 0 Å². The van der Waals surface area contributed by atoms with Gasteiger partial charge in [0.05, 0.1) is 37.6 Å². The maximum Gasteiger partial charge on any atom is 0.355 e. The summed E-state index contributed by atoms with van der Waals surface area (Å²) in [6, 6.07) is 20.1. The molecule has 1 aliphatic rings. The number of esters is 4. The van der Waals surface area contributed by atoms with E-state index in [1.807, 2.05) is 6.08 Å². The predicted molar refractivity (Wildman–Crippen MR) is 231 cm³/mol. The van der Waals surface area contributed by atoms with E-state index in [9.17, 15) is 19.2 Å². The molecule has 0 amide bonds. The number of ether oxygens (including phenoxy) is 4. The van der Waals surface area contributed by atoms with Gasteiger partial charge < -0.3 is 41.7 Å². The average molecular weight is 897 g/mol. The second kappa shape index (κ2) is 21.7. The molecular weight excluding hydrogens is 852 g/mol. The van der Waals surface area contributed by atoms with Gasteiger partial charge in [-0.25, -0.2) is 19.2 Å². The fourth-order valence-electron chi connectivity index (χ4n) is 5.81. The molecule has 0 spiro atoms. The molecule has 2 aromatic carbocycles. The van der Waals surface area contributed by atoms with Gasteiger partial charge in [0.1, 0.15) is 46.1 Å². The van der Waals surface area contributed by atoms with Gasteiger partial charge in [0.25, 0.3) is 0 Å². The van der Waals surface area contributed by atoms with Gasteiger partial charge in [0.15, 0.2) is 35.8 Å². The summed E-state index contributed by atoms with van der Waals surface area (Å²) >= 11 is 0. The van der Waals surface area contributed by atoms with Crippen LogP contribution in [0.15, 0.2) is 104 Å². The van der Waals surface area contributed by atoms with Crippen molar-refractivity contribution in [3.8, 4) is 34.1 Å². The minimum Gasteiger partial charge on any atom is -0.464 e. The van der Waals surface area contributed by atoms with Crippen LogP contribution in [0.3, 0.4) is 0 Å². The summed E-state index contributed by atoms with van der Waals surface area (Å²) in [7, 11) is -1.63. The molecule has 0 aliphatic carbocycles. The summed E-state index contributed by atoms with van der Waals surface area (Å²) in [6.07, 6.45) is 9.28. The second-order valence-corrected chi connectivity index (χ2v) is 15.8. The number of rotatable bonds is 21. The Labute approximate surface area is 354 Å². The minimum absolute atomic E-state index is 0.205. The van der Waals surface area contributed by atoms with Crippen LogP contribution in [-0.4, -0.2) is 74.0 Å². The summed E-state index contributed by atoms with van der Waals surface area (Å²) in [6.45, 7) is 7.81. The van der Waals surface area contributed by atoms with Gasteiger partial charge >= 0.3 is 23.9 Å². The van der Waals surface area contributed by atoms with Crippen molar-refractivity contribution in [2.45, 2.75) is 40.2 Å². The molecule has 16 nitrogen and oxygen atoms in total. The topological polar surface area (TPSA) is 160 Å².